The number of hydrazone groups is 1. The topological polar surface area (TPSA) is 100 Å². The van der Waals surface area contributed by atoms with Crippen LogP contribution in [0.2, 0.25) is 0 Å². The van der Waals surface area contributed by atoms with Gasteiger partial charge in [0, 0.05) is 10.8 Å². The highest BCUT2D eigenvalue weighted by molar-refractivity contribution is 8.14. The Morgan fingerprint density at radius 3 is 2.03 bits per heavy atom. The second kappa shape index (κ2) is 9.37. The van der Waals surface area contributed by atoms with E-state index in [0.717, 1.165) is 5.56 Å². The Morgan fingerprint density at radius 1 is 0.970 bits per heavy atom. The standard InChI is InChI=1S/C24H36N4O4S/c1-21(2,3)17(29)26-19-27-28(18(30)22(4,5)6)24(33-19,16-13-11-10-12-14-16)15-25-20(31)32-23(7,8)9/h10-14H,15H2,1-9H3,(H,25,31)(H,26,27,29)/t24-/m1/s1. The molecule has 2 N–H and O–H groups in total. The lowest BCUT2D eigenvalue weighted by Crippen LogP contribution is -2.52. The van der Waals surface area contributed by atoms with Crippen molar-refractivity contribution in [1.82, 2.24) is 15.6 Å². The van der Waals surface area contributed by atoms with Crippen molar-refractivity contribution in [1.29, 1.82) is 0 Å². The van der Waals surface area contributed by atoms with E-state index in [2.05, 4.69) is 15.7 Å². The van der Waals surface area contributed by atoms with Crippen LogP contribution in [0.25, 0.3) is 0 Å². The number of benzene rings is 1. The van der Waals surface area contributed by atoms with Gasteiger partial charge in [0.05, 0.1) is 6.54 Å². The third kappa shape index (κ3) is 6.72. The number of hydrogen-bond acceptors (Lipinski definition) is 6. The molecule has 1 aromatic carbocycles. The molecule has 9 heteroatoms. The highest BCUT2D eigenvalue weighted by Crippen LogP contribution is 2.46. The van der Waals surface area contributed by atoms with Gasteiger partial charge in [0.25, 0.3) is 0 Å². The van der Waals surface area contributed by atoms with Crippen LogP contribution >= 0.6 is 11.8 Å². The van der Waals surface area contributed by atoms with Gasteiger partial charge in [-0.1, -0.05) is 71.9 Å². The zero-order valence-electron chi connectivity index (χ0n) is 21.0. The molecule has 0 spiro atoms. The number of carbonyl (C=O) groups excluding carboxylic acids is 3. The van der Waals surface area contributed by atoms with Crippen LogP contribution in [0.1, 0.15) is 67.9 Å². The molecule has 1 heterocycles. The first-order valence-corrected chi connectivity index (χ1v) is 11.7. The van der Waals surface area contributed by atoms with E-state index in [1.807, 2.05) is 30.3 Å². The van der Waals surface area contributed by atoms with Crippen molar-refractivity contribution in [2.75, 3.05) is 6.54 Å². The lowest BCUT2D eigenvalue weighted by molar-refractivity contribution is -0.143. The Bertz CT molecular complexity index is 927. The molecule has 1 atom stereocenters. The Morgan fingerprint density at radius 2 is 1.55 bits per heavy atom. The maximum Gasteiger partial charge on any atom is 0.407 e. The van der Waals surface area contributed by atoms with Gasteiger partial charge < -0.3 is 15.4 Å². The molecule has 0 saturated carbocycles. The molecule has 0 aliphatic carbocycles. The Balaban J connectivity index is 2.51. The highest BCUT2D eigenvalue weighted by atomic mass is 32.2. The van der Waals surface area contributed by atoms with E-state index in [1.54, 1.807) is 62.3 Å². The monoisotopic (exact) mass is 476 g/mol. The van der Waals surface area contributed by atoms with Crippen LogP contribution in [0.4, 0.5) is 4.79 Å². The first kappa shape index (κ1) is 26.7. The van der Waals surface area contributed by atoms with Crippen molar-refractivity contribution >= 4 is 34.8 Å². The molecule has 0 saturated heterocycles. The smallest absolute Gasteiger partial charge is 0.407 e. The van der Waals surface area contributed by atoms with Crippen LogP contribution in [0.15, 0.2) is 35.4 Å². The molecule has 182 valence electrons. The van der Waals surface area contributed by atoms with Gasteiger partial charge in [-0.3, -0.25) is 9.59 Å². The summed E-state index contributed by atoms with van der Waals surface area (Å²) >= 11 is 1.22. The summed E-state index contributed by atoms with van der Waals surface area (Å²) in [5, 5.41) is 11.8. The lowest BCUT2D eigenvalue weighted by Gasteiger charge is -2.38. The normalized spacial score (nSPS) is 19.1. The average Bonchev–Trinajstić information content (AvgIpc) is 3.03. The fraction of sp³-hybridized carbons (Fsp3) is 0.583. The second-order valence-electron chi connectivity index (χ2n) is 11.1. The summed E-state index contributed by atoms with van der Waals surface area (Å²) in [4.78, 5) is 37.6. The molecule has 0 unspecified atom stereocenters. The zero-order valence-corrected chi connectivity index (χ0v) is 21.8. The predicted molar refractivity (Wildman–Crippen MR) is 131 cm³/mol. The number of nitrogens with one attached hydrogen (secondary N) is 2. The second-order valence-corrected chi connectivity index (χ2v) is 12.4. The molecule has 0 bridgehead atoms. The Hall–Kier alpha value is -2.55. The van der Waals surface area contributed by atoms with Gasteiger partial charge >= 0.3 is 6.09 Å². The molecule has 0 radical (unpaired) electrons. The minimum Gasteiger partial charge on any atom is -0.444 e. The summed E-state index contributed by atoms with van der Waals surface area (Å²) in [7, 11) is 0. The molecule has 0 fully saturated rings. The maximum atomic E-state index is 13.5. The molecule has 2 rings (SSSR count). The molecule has 3 amide bonds. The number of rotatable bonds is 3. The summed E-state index contributed by atoms with van der Waals surface area (Å²) < 4.78 is 5.41. The summed E-state index contributed by atoms with van der Waals surface area (Å²) in [6.07, 6.45) is -0.603. The molecule has 1 aromatic rings. The number of hydrogen-bond donors (Lipinski definition) is 2. The van der Waals surface area contributed by atoms with Gasteiger partial charge in [-0.25, -0.2) is 9.80 Å². The number of ether oxygens (including phenoxy) is 1. The molecular weight excluding hydrogens is 440 g/mol. The van der Waals surface area contributed by atoms with Crippen molar-refractivity contribution in [3.8, 4) is 0 Å². The summed E-state index contributed by atoms with van der Waals surface area (Å²) in [6, 6.07) is 9.33. The van der Waals surface area contributed by atoms with Crippen molar-refractivity contribution in [3.05, 3.63) is 35.9 Å². The van der Waals surface area contributed by atoms with Gasteiger partial charge in [-0.05, 0) is 38.1 Å². The van der Waals surface area contributed by atoms with E-state index >= 15 is 0 Å². The predicted octanol–water partition coefficient (Wildman–Crippen LogP) is 4.42. The number of nitrogens with zero attached hydrogens (tertiary/aromatic N) is 2. The van der Waals surface area contributed by atoms with Crippen LogP contribution in [-0.2, 0) is 19.2 Å². The van der Waals surface area contributed by atoms with E-state index in [1.165, 1.54) is 16.8 Å². The molecular formula is C24H36N4O4S. The largest absolute Gasteiger partial charge is 0.444 e. The number of alkyl carbamates (subject to hydrolysis) is 1. The minimum atomic E-state index is -1.11. The third-order valence-corrected chi connectivity index (χ3v) is 5.90. The van der Waals surface area contributed by atoms with Gasteiger partial charge in [0.2, 0.25) is 11.8 Å². The quantitative estimate of drug-likeness (QED) is 0.673. The number of amides is 3. The first-order chi connectivity index (χ1) is 15.0. The Labute approximate surface area is 200 Å². The fourth-order valence-corrected chi connectivity index (χ4v) is 4.05. The van der Waals surface area contributed by atoms with Crippen LogP contribution in [0, 0.1) is 10.8 Å². The van der Waals surface area contributed by atoms with E-state index in [-0.39, 0.29) is 18.4 Å². The lowest BCUT2D eigenvalue weighted by atomic mass is 9.93. The zero-order chi connectivity index (χ0) is 25.2. The van der Waals surface area contributed by atoms with Gasteiger partial charge in [-0.2, -0.15) is 0 Å². The molecule has 33 heavy (non-hydrogen) atoms. The highest BCUT2D eigenvalue weighted by Gasteiger charge is 2.51. The fourth-order valence-electron chi connectivity index (χ4n) is 2.86. The van der Waals surface area contributed by atoms with Crippen LogP contribution in [0.3, 0.4) is 0 Å². The van der Waals surface area contributed by atoms with Gasteiger partial charge in [0.1, 0.15) is 5.60 Å². The number of amidine groups is 1. The summed E-state index contributed by atoms with van der Waals surface area (Å²) in [6.45, 7) is 16.2. The van der Waals surface area contributed by atoms with Crippen molar-refractivity contribution in [2.45, 2.75) is 72.8 Å². The average molecular weight is 477 g/mol. The SMILES string of the molecule is CC(C)(C)OC(=O)NC[C@]1(c2ccccc2)SC(NC(=O)C(C)(C)C)=NN1C(=O)C(C)(C)C. The minimum absolute atomic E-state index is 0.0246. The van der Waals surface area contributed by atoms with Crippen molar-refractivity contribution in [3.63, 3.8) is 0 Å². The first-order valence-electron chi connectivity index (χ1n) is 10.9. The van der Waals surface area contributed by atoms with Crippen LogP contribution in [0.5, 0.6) is 0 Å². The van der Waals surface area contributed by atoms with E-state index in [0.29, 0.717) is 5.17 Å². The molecule has 0 aromatic heterocycles. The number of carbonyl (C=O) groups is 3. The summed E-state index contributed by atoms with van der Waals surface area (Å²) in [5.41, 5.74) is -1.31. The number of thioether (sulfide) groups is 1. The summed E-state index contributed by atoms with van der Waals surface area (Å²) in [5.74, 6) is -0.467. The third-order valence-electron chi connectivity index (χ3n) is 4.63. The van der Waals surface area contributed by atoms with Crippen LogP contribution in [-0.4, -0.2) is 40.2 Å². The van der Waals surface area contributed by atoms with E-state index < -0.39 is 27.4 Å². The van der Waals surface area contributed by atoms with Gasteiger partial charge in [-0.15, -0.1) is 5.10 Å². The van der Waals surface area contributed by atoms with E-state index in [4.69, 9.17) is 4.74 Å². The molecule has 1 aliphatic rings. The molecule has 1 aliphatic heterocycles. The Kier molecular flexibility index (Phi) is 7.58. The van der Waals surface area contributed by atoms with E-state index in [9.17, 15) is 14.4 Å². The molecule has 8 nitrogen and oxygen atoms in total. The van der Waals surface area contributed by atoms with Crippen LogP contribution < -0.4 is 10.6 Å². The van der Waals surface area contributed by atoms with Crippen molar-refractivity contribution in [2.24, 2.45) is 15.9 Å². The van der Waals surface area contributed by atoms with Crippen molar-refractivity contribution < 1.29 is 19.1 Å². The van der Waals surface area contributed by atoms with Gasteiger partial charge in [0.15, 0.2) is 10.0 Å². The maximum absolute atomic E-state index is 13.5.